The summed E-state index contributed by atoms with van der Waals surface area (Å²) in [6.45, 7) is 0.744. The number of hydrazone groups is 1. The van der Waals surface area contributed by atoms with Crippen LogP contribution in [0.25, 0.3) is 0 Å². The Bertz CT molecular complexity index is 690. The molecule has 0 saturated carbocycles. The van der Waals surface area contributed by atoms with Crippen LogP contribution in [0.15, 0.2) is 53.6 Å². The van der Waals surface area contributed by atoms with E-state index in [0.717, 1.165) is 24.3 Å². The summed E-state index contributed by atoms with van der Waals surface area (Å²) in [6.07, 6.45) is 2.54. The second-order valence-electron chi connectivity index (χ2n) is 4.97. The van der Waals surface area contributed by atoms with E-state index in [1.807, 2.05) is 36.4 Å². The molecule has 0 atom stereocenters. The number of hydrogen-bond acceptors (Lipinski definition) is 4. The summed E-state index contributed by atoms with van der Waals surface area (Å²) in [5, 5.41) is 7.73. The van der Waals surface area contributed by atoms with E-state index in [9.17, 15) is 0 Å². The van der Waals surface area contributed by atoms with E-state index in [2.05, 4.69) is 28.0 Å². The summed E-state index contributed by atoms with van der Waals surface area (Å²) in [5.74, 6) is 1.45. The maximum Gasteiger partial charge on any atom is 0.186 e. The van der Waals surface area contributed by atoms with Crippen molar-refractivity contribution < 1.29 is 9.47 Å². The molecule has 2 aromatic rings. The lowest BCUT2D eigenvalue weighted by atomic mass is 10.1. The van der Waals surface area contributed by atoms with Crippen LogP contribution in [0.2, 0.25) is 0 Å². The molecule has 0 aromatic heterocycles. The van der Waals surface area contributed by atoms with Gasteiger partial charge in [0, 0.05) is 12.1 Å². The maximum absolute atomic E-state index is 5.29. The first-order chi connectivity index (χ1) is 11.7. The smallest absolute Gasteiger partial charge is 0.186 e. The molecule has 5 nitrogen and oxygen atoms in total. The number of nitrogens with one attached hydrogen (secondary N) is 2. The van der Waals surface area contributed by atoms with Gasteiger partial charge in [-0.05, 0) is 42.4 Å². The summed E-state index contributed by atoms with van der Waals surface area (Å²) in [6, 6.07) is 15.7. The molecule has 6 heteroatoms. The first kappa shape index (κ1) is 17.7. The zero-order valence-corrected chi connectivity index (χ0v) is 14.6. The van der Waals surface area contributed by atoms with Gasteiger partial charge < -0.3 is 14.8 Å². The van der Waals surface area contributed by atoms with Crippen molar-refractivity contribution in [3.63, 3.8) is 0 Å². The highest BCUT2D eigenvalue weighted by Gasteiger charge is 2.02. The molecule has 0 radical (unpaired) electrons. The van der Waals surface area contributed by atoms with Gasteiger partial charge in [-0.15, -0.1) is 0 Å². The monoisotopic (exact) mass is 343 g/mol. The van der Waals surface area contributed by atoms with Crippen LogP contribution < -0.4 is 20.2 Å². The molecule has 0 aliphatic carbocycles. The van der Waals surface area contributed by atoms with Crippen LogP contribution in [-0.4, -0.2) is 32.1 Å². The maximum atomic E-state index is 5.29. The molecule has 2 rings (SSSR count). The zero-order chi connectivity index (χ0) is 17.2. The number of rotatable bonds is 7. The van der Waals surface area contributed by atoms with E-state index in [-0.39, 0.29) is 0 Å². The molecule has 0 fully saturated rings. The average molecular weight is 343 g/mol. The molecule has 24 heavy (non-hydrogen) atoms. The van der Waals surface area contributed by atoms with Gasteiger partial charge in [-0.25, -0.2) is 0 Å². The van der Waals surface area contributed by atoms with Crippen LogP contribution in [0.5, 0.6) is 11.5 Å². The van der Waals surface area contributed by atoms with Crippen molar-refractivity contribution in [3.05, 3.63) is 59.7 Å². The van der Waals surface area contributed by atoms with Crippen LogP contribution in [0.1, 0.15) is 11.1 Å². The normalized spacial score (nSPS) is 10.4. The zero-order valence-electron chi connectivity index (χ0n) is 13.8. The molecule has 126 valence electrons. The molecule has 0 amide bonds. The van der Waals surface area contributed by atoms with Crippen molar-refractivity contribution in [1.82, 2.24) is 10.7 Å². The summed E-state index contributed by atoms with van der Waals surface area (Å²) < 4.78 is 10.5. The quantitative estimate of drug-likeness (QED) is 0.460. The highest BCUT2D eigenvalue weighted by Crippen LogP contribution is 2.22. The van der Waals surface area contributed by atoms with E-state index in [1.54, 1.807) is 20.4 Å². The minimum Gasteiger partial charge on any atom is -0.497 e. The molecule has 0 spiro atoms. The van der Waals surface area contributed by atoms with Gasteiger partial charge in [0.1, 0.15) is 11.5 Å². The predicted molar refractivity (Wildman–Crippen MR) is 101 cm³/mol. The van der Waals surface area contributed by atoms with E-state index in [1.165, 1.54) is 5.56 Å². The standard InChI is InChI=1S/C18H21N3O2S/c1-22-16-8-9-17(23-2)15(12-16)13-20-21-18(24)19-11-10-14-6-4-3-5-7-14/h3-9,12-13H,10-11H2,1-2H3,(H2,19,21,24). The van der Waals surface area contributed by atoms with Gasteiger partial charge in [-0.1, -0.05) is 30.3 Å². The van der Waals surface area contributed by atoms with Gasteiger partial charge >= 0.3 is 0 Å². The fraction of sp³-hybridized carbons (Fsp3) is 0.222. The van der Waals surface area contributed by atoms with Crippen LogP contribution in [0, 0.1) is 0 Å². The molecule has 0 aliphatic rings. The lowest BCUT2D eigenvalue weighted by Crippen LogP contribution is -2.33. The molecule has 0 heterocycles. The highest BCUT2D eigenvalue weighted by atomic mass is 32.1. The van der Waals surface area contributed by atoms with E-state index < -0.39 is 0 Å². The van der Waals surface area contributed by atoms with Crippen molar-refractivity contribution in [3.8, 4) is 11.5 Å². The number of methoxy groups -OCH3 is 2. The molecular weight excluding hydrogens is 322 g/mol. The van der Waals surface area contributed by atoms with E-state index in [4.69, 9.17) is 21.7 Å². The third-order valence-corrected chi connectivity index (χ3v) is 3.58. The Morgan fingerprint density at radius 2 is 1.92 bits per heavy atom. The molecule has 0 saturated heterocycles. The minimum atomic E-state index is 0.476. The SMILES string of the molecule is COc1ccc(OC)c(C=NNC(=S)NCCc2ccccc2)c1. The van der Waals surface area contributed by atoms with Gasteiger partial charge in [0.2, 0.25) is 0 Å². The van der Waals surface area contributed by atoms with Gasteiger partial charge in [0.05, 0.1) is 20.4 Å². The highest BCUT2D eigenvalue weighted by molar-refractivity contribution is 7.80. The second-order valence-corrected chi connectivity index (χ2v) is 5.38. The van der Waals surface area contributed by atoms with Crippen LogP contribution in [0.3, 0.4) is 0 Å². The number of benzene rings is 2. The Hall–Kier alpha value is -2.60. The molecule has 0 unspecified atom stereocenters. The Morgan fingerprint density at radius 1 is 1.12 bits per heavy atom. The van der Waals surface area contributed by atoms with Crippen molar-refractivity contribution in [2.75, 3.05) is 20.8 Å². The molecule has 2 aromatic carbocycles. The molecule has 0 aliphatic heterocycles. The largest absolute Gasteiger partial charge is 0.497 e. The van der Waals surface area contributed by atoms with E-state index >= 15 is 0 Å². The fourth-order valence-electron chi connectivity index (χ4n) is 2.11. The number of nitrogens with zero attached hydrogens (tertiary/aromatic N) is 1. The van der Waals surface area contributed by atoms with Gasteiger partial charge in [0.25, 0.3) is 0 Å². The number of hydrogen-bond donors (Lipinski definition) is 2. The Labute approximate surface area is 147 Å². The Morgan fingerprint density at radius 3 is 2.62 bits per heavy atom. The number of ether oxygens (including phenoxy) is 2. The first-order valence-electron chi connectivity index (χ1n) is 7.56. The second kappa shape index (κ2) is 9.52. The predicted octanol–water partition coefficient (Wildman–Crippen LogP) is 2.74. The lowest BCUT2D eigenvalue weighted by molar-refractivity contribution is 0.402. The molecule has 0 bridgehead atoms. The summed E-state index contributed by atoms with van der Waals surface area (Å²) in [7, 11) is 3.23. The van der Waals surface area contributed by atoms with Gasteiger partial charge in [-0.2, -0.15) is 5.10 Å². The molecule has 2 N–H and O–H groups in total. The first-order valence-corrected chi connectivity index (χ1v) is 7.96. The van der Waals surface area contributed by atoms with Crippen molar-refractivity contribution in [2.45, 2.75) is 6.42 Å². The lowest BCUT2D eigenvalue weighted by Gasteiger charge is -2.08. The van der Waals surface area contributed by atoms with Crippen LogP contribution in [-0.2, 0) is 6.42 Å². The summed E-state index contributed by atoms with van der Waals surface area (Å²) >= 11 is 5.20. The van der Waals surface area contributed by atoms with Crippen molar-refractivity contribution >= 4 is 23.5 Å². The Balaban J connectivity index is 1.81. The van der Waals surface area contributed by atoms with Crippen molar-refractivity contribution in [2.24, 2.45) is 5.10 Å². The third-order valence-electron chi connectivity index (χ3n) is 3.35. The average Bonchev–Trinajstić information content (AvgIpc) is 2.62. The summed E-state index contributed by atoms with van der Waals surface area (Å²) in [4.78, 5) is 0. The van der Waals surface area contributed by atoms with Crippen molar-refractivity contribution in [1.29, 1.82) is 0 Å². The van der Waals surface area contributed by atoms with Crippen LogP contribution in [0.4, 0.5) is 0 Å². The molecular formula is C18H21N3O2S. The Kier molecular flexibility index (Phi) is 7.04. The van der Waals surface area contributed by atoms with E-state index in [0.29, 0.717) is 10.9 Å². The third kappa shape index (κ3) is 5.55. The topological polar surface area (TPSA) is 54.9 Å². The summed E-state index contributed by atoms with van der Waals surface area (Å²) in [5.41, 5.74) is 4.86. The van der Waals surface area contributed by atoms with Gasteiger partial charge in [-0.3, -0.25) is 5.43 Å². The van der Waals surface area contributed by atoms with Crippen LogP contribution >= 0.6 is 12.2 Å². The minimum absolute atomic E-state index is 0.476. The van der Waals surface area contributed by atoms with Gasteiger partial charge in [0.15, 0.2) is 5.11 Å². The fourth-order valence-corrected chi connectivity index (χ4v) is 2.26. The number of thiocarbonyl (C=S) groups is 1.